The van der Waals surface area contributed by atoms with E-state index in [1.165, 1.54) is 5.56 Å². The van der Waals surface area contributed by atoms with Gasteiger partial charge in [-0.05, 0) is 42.0 Å². The lowest BCUT2D eigenvalue weighted by molar-refractivity contribution is 0.0992. The maximum atomic E-state index is 12.3. The summed E-state index contributed by atoms with van der Waals surface area (Å²) in [5.41, 5.74) is 2.77. The second-order valence-corrected chi connectivity index (χ2v) is 6.11. The first-order valence-electron chi connectivity index (χ1n) is 6.36. The van der Waals surface area contributed by atoms with Gasteiger partial charge >= 0.3 is 0 Å². The van der Waals surface area contributed by atoms with Crippen molar-refractivity contribution < 1.29 is 9.53 Å². The number of halogens is 2. The van der Waals surface area contributed by atoms with Gasteiger partial charge in [-0.1, -0.05) is 27.5 Å². The molecule has 1 heterocycles. The number of hydrogen-bond donors (Lipinski definition) is 0. The van der Waals surface area contributed by atoms with Crippen LogP contribution >= 0.6 is 27.5 Å². The van der Waals surface area contributed by atoms with Crippen LogP contribution in [-0.2, 0) is 12.8 Å². The van der Waals surface area contributed by atoms with Gasteiger partial charge in [0.25, 0.3) is 0 Å². The Morgan fingerprint density at radius 1 is 1.25 bits per heavy atom. The molecule has 0 radical (unpaired) electrons. The number of carbonyl (C=O) groups excluding carboxylic acids is 1. The molecular weight excluding hydrogens is 340 g/mol. The highest BCUT2D eigenvalue weighted by Crippen LogP contribution is 2.33. The van der Waals surface area contributed by atoms with Crippen LogP contribution < -0.4 is 4.74 Å². The summed E-state index contributed by atoms with van der Waals surface area (Å²) in [4.78, 5) is 12.3. The number of Topliss-reactive ketones (excluding diaryl/α,β-unsaturated/α-hetero) is 1. The highest BCUT2D eigenvalue weighted by Gasteiger charge is 2.19. The van der Waals surface area contributed by atoms with E-state index >= 15 is 0 Å². The third kappa shape index (κ3) is 2.74. The van der Waals surface area contributed by atoms with Crippen molar-refractivity contribution in [1.82, 2.24) is 0 Å². The molecular formula is C16H12BrClO2. The summed E-state index contributed by atoms with van der Waals surface area (Å²) in [7, 11) is 0. The van der Waals surface area contributed by atoms with E-state index in [1.54, 1.807) is 24.3 Å². The molecule has 2 nitrogen and oxygen atoms in total. The number of fused-ring (bicyclic) bond motifs is 1. The second kappa shape index (κ2) is 5.58. The zero-order valence-electron chi connectivity index (χ0n) is 10.7. The summed E-state index contributed by atoms with van der Waals surface area (Å²) in [5, 5.41) is 0.633. The average molecular weight is 352 g/mol. The molecule has 0 saturated carbocycles. The van der Waals surface area contributed by atoms with Gasteiger partial charge in [-0.15, -0.1) is 0 Å². The molecule has 0 aliphatic carbocycles. The number of ether oxygens (including phenoxy) is 1. The minimum absolute atomic E-state index is 0.0671. The van der Waals surface area contributed by atoms with E-state index in [1.807, 2.05) is 6.07 Å². The van der Waals surface area contributed by atoms with Crippen molar-refractivity contribution in [1.29, 1.82) is 0 Å². The molecule has 0 aromatic heterocycles. The molecule has 0 unspecified atom stereocenters. The largest absolute Gasteiger partial charge is 0.493 e. The predicted octanol–water partition coefficient (Wildman–Crippen LogP) is 4.46. The third-order valence-corrected chi connectivity index (χ3v) is 4.05. The summed E-state index contributed by atoms with van der Waals surface area (Å²) < 4.78 is 6.63. The Kier molecular flexibility index (Phi) is 3.81. The van der Waals surface area contributed by atoms with E-state index in [4.69, 9.17) is 16.3 Å². The van der Waals surface area contributed by atoms with Gasteiger partial charge in [-0.3, -0.25) is 4.79 Å². The molecule has 3 rings (SSSR count). The van der Waals surface area contributed by atoms with Crippen LogP contribution in [0.4, 0.5) is 0 Å². The van der Waals surface area contributed by atoms with Crippen LogP contribution in [0.3, 0.4) is 0 Å². The van der Waals surface area contributed by atoms with Crippen LogP contribution in [0.5, 0.6) is 5.75 Å². The van der Waals surface area contributed by atoms with Crippen LogP contribution in [0.15, 0.2) is 40.9 Å². The molecule has 1 aliphatic rings. The highest BCUT2D eigenvalue weighted by molar-refractivity contribution is 9.10. The monoisotopic (exact) mass is 350 g/mol. The summed E-state index contributed by atoms with van der Waals surface area (Å²) in [6, 6.07) is 11.0. The van der Waals surface area contributed by atoms with Crippen LogP contribution in [0.25, 0.3) is 0 Å². The van der Waals surface area contributed by atoms with Crippen LogP contribution in [0.1, 0.15) is 21.5 Å². The molecule has 0 saturated heterocycles. The molecule has 0 atom stereocenters. The first kappa shape index (κ1) is 13.7. The van der Waals surface area contributed by atoms with Gasteiger partial charge in [0, 0.05) is 33.5 Å². The maximum Gasteiger partial charge on any atom is 0.167 e. The number of carbonyl (C=O) groups is 1. The SMILES string of the molecule is O=C(Cc1cc(Br)cc2c1OCC2)c1ccc(Cl)cc1. The lowest BCUT2D eigenvalue weighted by Crippen LogP contribution is -2.05. The van der Waals surface area contributed by atoms with Crippen LogP contribution in [0, 0.1) is 0 Å². The fourth-order valence-corrected chi connectivity index (χ4v) is 3.07. The molecule has 0 fully saturated rings. The Morgan fingerprint density at radius 3 is 2.75 bits per heavy atom. The molecule has 4 heteroatoms. The molecule has 0 bridgehead atoms. The van der Waals surface area contributed by atoms with Gasteiger partial charge in [0.1, 0.15) is 5.75 Å². The summed E-state index contributed by atoms with van der Waals surface area (Å²) >= 11 is 9.32. The van der Waals surface area contributed by atoms with Gasteiger partial charge in [0.2, 0.25) is 0 Å². The van der Waals surface area contributed by atoms with E-state index in [-0.39, 0.29) is 5.78 Å². The van der Waals surface area contributed by atoms with Crippen molar-refractivity contribution in [3.05, 3.63) is 62.6 Å². The first-order chi connectivity index (χ1) is 9.63. The van der Waals surface area contributed by atoms with Crippen LogP contribution in [0.2, 0.25) is 5.02 Å². The Hall–Kier alpha value is -1.32. The van der Waals surface area contributed by atoms with Crippen molar-refractivity contribution in [2.24, 2.45) is 0 Å². The topological polar surface area (TPSA) is 26.3 Å². The number of rotatable bonds is 3. The molecule has 102 valence electrons. The normalized spacial score (nSPS) is 12.9. The summed E-state index contributed by atoms with van der Waals surface area (Å²) in [6.45, 7) is 0.688. The van der Waals surface area contributed by atoms with E-state index in [0.717, 1.165) is 22.2 Å². The molecule has 0 spiro atoms. The van der Waals surface area contributed by atoms with Crippen molar-refractivity contribution in [3.8, 4) is 5.75 Å². The summed E-state index contributed by atoms with van der Waals surface area (Å²) in [6.07, 6.45) is 1.24. The van der Waals surface area contributed by atoms with Gasteiger partial charge in [0.15, 0.2) is 5.78 Å². The first-order valence-corrected chi connectivity index (χ1v) is 7.53. The van der Waals surface area contributed by atoms with Crippen molar-refractivity contribution in [2.45, 2.75) is 12.8 Å². The van der Waals surface area contributed by atoms with Gasteiger partial charge < -0.3 is 4.74 Å². The highest BCUT2D eigenvalue weighted by atomic mass is 79.9. The number of hydrogen-bond acceptors (Lipinski definition) is 2. The lowest BCUT2D eigenvalue weighted by Gasteiger charge is -2.08. The van der Waals surface area contributed by atoms with Crippen LogP contribution in [-0.4, -0.2) is 12.4 Å². The molecule has 2 aromatic carbocycles. The lowest BCUT2D eigenvalue weighted by atomic mass is 10.00. The molecule has 0 amide bonds. The molecule has 1 aliphatic heterocycles. The quantitative estimate of drug-likeness (QED) is 0.763. The number of benzene rings is 2. The maximum absolute atomic E-state index is 12.3. The van der Waals surface area contributed by atoms with Gasteiger partial charge in [-0.25, -0.2) is 0 Å². The summed E-state index contributed by atoms with van der Waals surface area (Å²) in [5.74, 6) is 0.938. The minimum atomic E-state index is 0.0671. The Morgan fingerprint density at radius 2 is 2.00 bits per heavy atom. The van der Waals surface area contributed by atoms with E-state index in [2.05, 4.69) is 22.0 Å². The minimum Gasteiger partial charge on any atom is -0.493 e. The smallest absolute Gasteiger partial charge is 0.167 e. The molecule has 20 heavy (non-hydrogen) atoms. The zero-order chi connectivity index (χ0) is 14.1. The van der Waals surface area contributed by atoms with E-state index < -0.39 is 0 Å². The van der Waals surface area contributed by atoms with Crippen molar-refractivity contribution >= 4 is 33.3 Å². The fourth-order valence-electron chi connectivity index (χ4n) is 2.39. The fraction of sp³-hybridized carbons (Fsp3) is 0.188. The van der Waals surface area contributed by atoms with Crippen molar-refractivity contribution in [2.75, 3.05) is 6.61 Å². The second-order valence-electron chi connectivity index (χ2n) is 4.76. The van der Waals surface area contributed by atoms with Crippen molar-refractivity contribution in [3.63, 3.8) is 0 Å². The molecule has 0 N–H and O–H groups in total. The average Bonchev–Trinajstić information content (AvgIpc) is 2.87. The Labute approximate surface area is 130 Å². The third-order valence-electron chi connectivity index (χ3n) is 3.34. The van der Waals surface area contributed by atoms with E-state index in [9.17, 15) is 4.79 Å². The Balaban J connectivity index is 1.88. The number of ketones is 1. The van der Waals surface area contributed by atoms with E-state index in [0.29, 0.717) is 23.6 Å². The Bertz CT molecular complexity index is 665. The molecule has 2 aromatic rings. The standard InChI is InChI=1S/C16H12BrClO2/c17-13-7-11-5-6-20-16(11)12(8-13)9-15(19)10-1-3-14(18)4-2-10/h1-4,7-8H,5-6,9H2. The van der Waals surface area contributed by atoms with Gasteiger partial charge in [-0.2, -0.15) is 0 Å². The zero-order valence-corrected chi connectivity index (χ0v) is 13.0. The predicted molar refractivity (Wildman–Crippen MR) is 82.8 cm³/mol. The van der Waals surface area contributed by atoms with Gasteiger partial charge in [0.05, 0.1) is 6.61 Å².